The fourth-order valence-electron chi connectivity index (χ4n) is 4.31. The summed E-state index contributed by atoms with van der Waals surface area (Å²) in [6.45, 7) is 3.75. The SMILES string of the molecule is COc1ccc(Cl)cc1S(=O)(=O)N1CCCN(C2CCN(CC3CC3)C2=O)CC1. The van der Waals surface area contributed by atoms with Gasteiger partial charge in [-0.2, -0.15) is 4.31 Å². The van der Waals surface area contributed by atoms with E-state index in [1.807, 2.05) is 4.90 Å². The first kappa shape index (κ1) is 20.9. The van der Waals surface area contributed by atoms with Gasteiger partial charge in [0.15, 0.2) is 0 Å². The van der Waals surface area contributed by atoms with E-state index in [9.17, 15) is 13.2 Å². The number of carbonyl (C=O) groups is 1. The number of nitrogens with zero attached hydrogens (tertiary/aromatic N) is 3. The Morgan fingerprint density at radius 3 is 2.62 bits per heavy atom. The number of hydrogen-bond donors (Lipinski definition) is 0. The second-order valence-electron chi connectivity index (χ2n) is 8.12. The first-order chi connectivity index (χ1) is 13.9. The Hall–Kier alpha value is -1.35. The van der Waals surface area contributed by atoms with Crippen LogP contribution in [0.1, 0.15) is 25.7 Å². The molecule has 0 N–H and O–H groups in total. The maximum atomic E-state index is 13.2. The van der Waals surface area contributed by atoms with Crippen molar-refractivity contribution in [2.45, 2.75) is 36.6 Å². The Morgan fingerprint density at radius 1 is 1.10 bits per heavy atom. The van der Waals surface area contributed by atoms with E-state index in [1.54, 1.807) is 12.1 Å². The summed E-state index contributed by atoms with van der Waals surface area (Å²) in [5, 5.41) is 0.355. The highest BCUT2D eigenvalue weighted by Crippen LogP contribution is 2.33. The van der Waals surface area contributed by atoms with E-state index in [2.05, 4.69) is 4.90 Å². The number of amides is 1. The van der Waals surface area contributed by atoms with E-state index in [1.165, 1.54) is 30.3 Å². The van der Waals surface area contributed by atoms with Crippen LogP contribution in [0.4, 0.5) is 0 Å². The van der Waals surface area contributed by atoms with Crippen molar-refractivity contribution in [1.29, 1.82) is 0 Å². The summed E-state index contributed by atoms with van der Waals surface area (Å²) >= 11 is 6.04. The summed E-state index contributed by atoms with van der Waals surface area (Å²) in [7, 11) is -2.28. The van der Waals surface area contributed by atoms with Crippen molar-refractivity contribution < 1.29 is 17.9 Å². The summed E-state index contributed by atoms with van der Waals surface area (Å²) in [6, 6.07) is 4.51. The topological polar surface area (TPSA) is 70.2 Å². The molecular weight excluding hydrogens is 414 g/mol. The van der Waals surface area contributed by atoms with Gasteiger partial charge in [-0.1, -0.05) is 11.6 Å². The molecule has 1 atom stereocenters. The van der Waals surface area contributed by atoms with Crippen molar-refractivity contribution in [1.82, 2.24) is 14.1 Å². The minimum Gasteiger partial charge on any atom is -0.495 e. The Balaban J connectivity index is 1.45. The van der Waals surface area contributed by atoms with Crippen LogP contribution in [0, 0.1) is 5.92 Å². The molecule has 1 aliphatic carbocycles. The first-order valence-corrected chi connectivity index (χ1v) is 12.1. The Morgan fingerprint density at radius 2 is 1.90 bits per heavy atom. The molecule has 160 valence electrons. The molecular formula is C20H28ClN3O4S. The first-order valence-electron chi connectivity index (χ1n) is 10.3. The van der Waals surface area contributed by atoms with Gasteiger partial charge >= 0.3 is 0 Å². The maximum absolute atomic E-state index is 13.2. The second kappa shape index (κ2) is 8.41. The smallest absolute Gasteiger partial charge is 0.246 e. The van der Waals surface area contributed by atoms with Gasteiger partial charge in [-0.25, -0.2) is 8.42 Å². The second-order valence-corrected chi connectivity index (χ2v) is 10.5. The number of ether oxygens (including phenoxy) is 1. The molecule has 0 aromatic heterocycles. The normalized spacial score (nSPS) is 24.7. The minimum absolute atomic E-state index is 0.0912. The van der Waals surface area contributed by atoms with Crippen LogP contribution in [-0.2, 0) is 14.8 Å². The van der Waals surface area contributed by atoms with Crippen LogP contribution in [0.5, 0.6) is 5.75 Å². The Labute approximate surface area is 177 Å². The highest BCUT2D eigenvalue weighted by atomic mass is 35.5. The summed E-state index contributed by atoms with van der Waals surface area (Å²) in [4.78, 5) is 17.1. The van der Waals surface area contributed by atoms with Gasteiger partial charge in [-0.3, -0.25) is 9.69 Å². The molecule has 0 bridgehead atoms. The van der Waals surface area contributed by atoms with E-state index < -0.39 is 10.0 Å². The van der Waals surface area contributed by atoms with Crippen molar-refractivity contribution in [3.8, 4) is 5.75 Å². The van der Waals surface area contributed by atoms with E-state index in [4.69, 9.17) is 16.3 Å². The molecule has 7 nitrogen and oxygen atoms in total. The Kier molecular flexibility index (Phi) is 6.06. The highest BCUT2D eigenvalue weighted by molar-refractivity contribution is 7.89. The molecule has 4 rings (SSSR count). The van der Waals surface area contributed by atoms with Crippen LogP contribution in [0.2, 0.25) is 5.02 Å². The average molecular weight is 442 g/mol. The van der Waals surface area contributed by atoms with Crippen LogP contribution < -0.4 is 4.74 Å². The van der Waals surface area contributed by atoms with Gasteiger partial charge in [0.1, 0.15) is 10.6 Å². The van der Waals surface area contributed by atoms with Crippen LogP contribution in [0.3, 0.4) is 0 Å². The summed E-state index contributed by atoms with van der Waals surface area (Å²) in [6.07, 6.45) is 3.99. The Bertz CT molecular complexity index is 874. The number of likely N-dealkylation sites (tertiary alicyclic amines) is 1. The lowest BCUT2D eigenvalue weighted by Gasteiger charge is -2.26. The van der Waals surface area contributed by atoms with Crippen molar-refractivity contribution in [3.05, 3.63) is 23.2 Å². The summed E-state index contributed by atoms with van der Waals surface area (Å²) in [5.41, 5.74) is 0. The van der Waals surface area contributed by atoms with Crippen LogP contribution in [0.15, 0.2) is 23.1 Å². The molecule has 3 aliphatic rings. The lowest BCUT2D eigenvalue weighted by molar-refractivity contribution is -0.132. The zero-order valence-electron chi connectivity index (χ0n) is 16.7. The molecule has 0 spiro atoms. The predicted molar refractivity (Wildman–Crippen MR) is 111 cm³/mol. The molecule has 1 unspecified atom stereocenters. The number of rotatable bonds is 6. The van der Waals surface area contributed by atoms with Crippen molar-refractivity contribution in [2.24, 2.45) is 5.92 Å². The van der Waals surface area contributed by atoms with Crippen LogP contribution in [-0.4, -0.2) is 80.9 Å². The zero-order valence-corrected chi connectivity index (χ0v) is 18.3. The summed E-state index contributed by atoms with van der Waals surface area (Å²) < 4.78 is 33.2. The highest BCUT2D eigenvalue weighted by Gasteiger charge is 2.39. The molecule has 1 saturated carbocycles. The molecule has 2 saturated heterocycles. The van der Waals surface area contributed by atoms with Gasteiger partial charge in [0.2, 0.25) is 15.9 Å². The lowest BCUT2D eigenvalue weighted by atomic mass is 10.2. The maximum Gasteiger partial charge on any atom is 0.246 e. The number of hydrogen-bond acceptors (Lipinski definition) is 5. The molecule has 0 radical (unpaired) electrons. The molecule has 2 aliphatic heterocycles. The number of methoxy groups -OCH3 is 1. The fourth-order valence-corrected chi connectivity index (χ4v) is 6.20. The lowest BCUT2D eigenvalue weighted by Crippen LogP contribution is -2.44. The zero-order chi connectivity index (χ0) is 20.6. The quantitative estimate of drug-likeness (QED) is 0.675. The molecule has 1 aromatic carbocycles. The molecule has 9 heteroatoms. The number of halogens is 1. The van der Waals surface area contributed by atoms with Gasteiger partial charge in [0, 0.05) is 44.3 Å². The van der Waals surface area contributed by atoms with Crippen molar-refractivity contribution in [3.63, 3.8) is 0 Å². The van der Waals surface area contributed by atoms with E-state index in [0.29, 0.717) is 37.0 Å². The van der Waals surface area contributed by atoms with E-state index >= 15 is 0 Å². The molecule has 3 fully saturated rings. The van der Waals surface area contributed by atoms with Crippen molar-refractivity contribution in [2.75, 3.05) is 46.4 Å². The molecule has 1 aromatic rings. The van der Waals surface area contributed by atoms with Gasteiger partial charge in [-0.05, 0) is 49.8 Å². The van der Waals surface area contributed by atoms with Crippen molar-refractivity contribution >= 4 is 27.5 Å². The van der Waals surface area contributed by atoms with E-state index in [0.717, 1.165) is 26.1 Å². The average Bonchev–Trinajstić information content (AvgIpc) is 3.49. The molecule has 29 heavy (non-hydrogen) atoms. The van der Waals surface area contributed by atoms with Gasteiger partial charge in [0.05, 0.1) is 13.2 Å². The van der Waals surface area contributed by atoms with Crippen LogP contribution in [0.25, 0.3) is 0 Å². The fraction of sp³-hybridized carbons (Fsp3) is 0.650. The molecule has 2 heterocycles. The number of carbonyl (C=O) groups excluding carboxylic acids is 1. The number of sulfonamides is 1. The molecule has 1 amide bonds. The summed E-state index contributed by atoms with van der Waals surface area (Å²) in [5.74, 6) is 1.19. The third-order valence-corrected chi connectivity index (χ3v) is 8.27. The minimum atomic E-state index is -3.73. The largest absolute Gasteiger partial charge is 0.495 e. The predicted octanol–water partition coefficient (Wildman–Crippen LogP) is 2.06. The third-order valence-electron chi connectivity index (χ3n) is 6.12. The van der Waals surface area contributed by atoms with E-state index in [-0.39, 0.29) is 22.6 Å². The van der Waals surface area contributed by atoms with Gasteiger partial charge < -0.3 is 9.64 Å². The monoisotopic (exact) mass is 441 g/mol. The van der Waals surface area contributed by atoms with Gasteiger partial charge in [0.25, 0.3) is 0 Å². The standard InChI is InChI=1S/C20H28ClN3O4S/c1-28-18-6-5-16(21)13-19(18)29(26,27)24-9-2-8-22(11-12-24)17-7-10-23(20(17)25)14-15-3-4-15/h5-6,13,15,17H,2-4,7-12,14H2,1H3. The third kappa shape index (κ3) is 4.40. The number of benzene rings is 1. The van der Waals surface area contributed by atoms with Crippen LogP contribution >= 0.6 is 11.6 Å². The van der Waals surface area contributed by atoms with Gasteiger partial charge in [-0.15, -0.1) is 0 Å².